The van der Waals surface area contributed by atoms with Crippen molar-refractivity contribution in [3.63, 3.8) is 0 Å². The molecule has 0 amide bonds. The topological polar surface area (TPSA) is 62.5 Å². The molecule has 1 saturated carbocycles. The Bertz CT molecular complexity index is 475. The van der Waals surface area contributed by atoms with Gasteiger partial charge in [0.05, 0.1) is 5.69 Å². The van der Waals surface area contributed by atoms with E-state index in [4.69, 9.17) is 9.52 Å². The predicted molar refractivity (Wildman–Crippen MR) is 106 cm³/mol. The first kappa shape index (κ1) is 20.3. The lowest BCUT2D eigenvalue weighted by Gasteiger charge is -2.25. The van der Waals surface area contributed by atoms with Gasteiger partial charge in [-0.3, -0.25) is 4.99 Å². The summed E-state index contributed by atoms with van der Waals surface area (Å²) in [6.45, 7) is 9.89. The van der Waals surface area contributed by atoms with E-state index in [0.717, 1.165) is 30.5 Å². The number of aliphatic imine (C=N–C) groups is 1. The number of hydrogen-bond donors (Lipinski definition) is 2. The number of halogens is 1. The van der Waals surface area contributed by atoms with Crippen molar-refractivity contribution < 1.29 is 4.52 Å². The van der Waals surface area contributed by atoms with Crippen molar-refractivity contribution in [1.82, 2.24) is 15.8 Å². The number of hydrogen-bond acceptors (Lipinski definition) is 3. The van der Waals surface area contributed by atoms with Crippen LogP contribution >= 0.6 is 24.0 Å². The smallest absolute Gasteiger partial charge is 0.191 e. The first-order valence-corrected chi connectivity index (χ1v) is 8.59. The summed E-state index contributed by atoms with van der Waals surface area (Å²) in [5.41, 5.74) is 2.17. The number of rotatable bonds is 5. The van der Waals surface area contributed by atoms with Crippen LogP contribution in [0.4, 0.5) is 0 Å². The summed E-state index contributed by atoms with van der Waals surface area (Å²) in [6, 6.07) is 0.570. The Morgan fingerprint density at radius 2 is 2.00 bits per heavy atom. The maximum atomic E-state index is 5.26. The standard InChI is InChI=1S/C17H30N4O.HI/c1-5-18-17(20-15-9-7-6-8-10-15)19-11-12(2)16-13(3)21-22-14(16)4;/h12,15H,5-11H2,1-4H3,(H2,18,19,20);1H. The van der Waals surface area contributed by atoms with E-state index in [1.165, 1.54) is 37.7 Å². The van der Waals surface area contributed by atoms with Crippen LogP contribution in [0.2, 0.25) is 0 Å². The maximum absolute atomic E-state index is 5.26. The van der Waals surface area contributed by atoms with Crippen LogP contribution < -0.4 is 10.6 Å². The highest BCUT2D eigenvalue weighted by Crippen LogP contribution is 2.23. The molecule has 1 aromatic heterocycles. The first-order chi connectivity index (χ1) is 10.6. The molecule has 0 aromatic carbocycles. The summed E-state index contributed by atoms with van der Waals surface area (Å²) < 4.78 is 5.26. The third kappa shape index (κ3) is 5.97. The molecule has 0 spiro atoms. The van der Waals surface area contributed by atoms with Gasteiger partial charge in [0.25, 0.3) is 0 Å². The molecule has 0 radical (unpaired) electrons. The van der Waals surface area contributed by atoms with Gasteiger partial charge in [0.2, 0.25) is 0 Å². The number of nitrogens with zero attached hydrogens (tertiary/aromatic N) is 2. The highest BCUT2D eigenvalue weighted by atomic mass is 127. The highest BCUT2D eigenvalue weighted by Gasteiger charge is 2.17. The SMILES string of the molecule is CCNC(=NCC(C)c1c(C)noc1C)NC1CCCCC1.I. The second kappa shape index (κ2) is 10.2. The zero-order chi connectivity index (χ0) is 15.9. The van der Waals surface area contributed by atoms with Crippen LogP contribution in [0.5, 0.6) is 0 Å². The average molecular weight is 434 g/mol. The van der Waals surface area contributed by atoms with Crippen LogP contribution in [-0.4, -0.2) is 30.2 Å². The van der Waals surface area contributed by atoms with Gasteiger partial charge in [0.1, 0.15) is 5.76 Å². The number of guanidine groups is 1. The summed E-state index contributed by atoms with van der Waals surface area (Å²) in [5, 5.41) is 11.0. The maximum Gasteiger partial charge on any atom is 0.191 e. The fraction of sp³-hybridized carbons (Fsp3) is 0.765. The normalized spacial score (nSPS) is 17.5. The molecule has 1 unspecified atom stereocenters. The van der Waals surface area contributed by atoms with Crippen LogP contribution in [0.1, 0.15) is 68.9 Å². The van der Waals surface area contributed by atoms with Gasteiger partial charge < -0.3 is 15.2 Å². The number of aryl methyl sites for hydroxylation is 2. The van der Waals surface area contributed by atoms with Gasteiger partial charge in [-0.15, -0.1) is 24.0 Å². The minimum atomic E-state index is 0. The summed E-state index contributed by atoms with van der Waals surface area (Å²) in [5.74, 6) is 2.16. The molecule has 6 heteroatoms. The molecule has 2 rings (SSSR count). The fourth-order valence-electron chi connectivity index (χ4n) is 3.27. The Morgan fingerprint density at radius 1 is 1.30 bits per heavy atom. The zero-order valence-corrected chi connectivity index (χ0v) is 17.1. The van der Waals surface area contributed by atoms with Crippen molar-refractivity contribution >= 4 is 29.9 Å². The van der Waals surface area contributed by atoms with Crippen LogP contribution in [0.25, 0.3) is 0 Å². The van der Waals surface area contributed by atoms with E-state index in [0.29, 0.717) is 12.0 Å². The summed E-state index contributed by atoms with van der Waals surface area (Å²) in [4.78, 5) is 4.77. The van der Waals surface area contributed by atoms with Gasteiger partial charge >= 0.3 is 0 Å². The molecule has 1 heterocycles. The van der Waals surface area contributed by atoms with Gasteiger partial charge in [-0.05, 0) is 33.6 Å². The Hall–Kier alpha value is -0.790. The quantitative estimate of drug-likeness (QED) is 0.419. The van der Waals surface area contributed by atoms with Crippen molar-refractivity contribution in [2.24, 2.45) is 4.99 Å². The lowest BCUT2D eigenvalue weighted by Crippen LogP contribution is -2.44. The van der Waals surface area contributed by atoms with E-state index < -0.39 is 0 Å². The molecule has 1 aliphatic carbocycles. The van der Waals surface area contributed by atoms with Gasteiger partial charge in [-0.1, -0.05) is 31.3 Å². The van der Waals surface area contributed by atoms with Crippen LogP contribution in [0.15, 0.2) is 9.52 Å². The molecule has 0 saturated heterocycles. The minimum absolute atomic E-state index is 0. The van der Waals surface area contributed by atoms with Gasteiger partial charge in [-0.2, -0.15) is 0 Å². The third-order valence-corrected chi connectivity index (χ3v) is 4.39. The van der Waals surface area contributed by atoms with Crippen molar-refractivity contribution in [1.29, 1.82) is 0 Å². The predicted octanol–water partition coefficient (Wildman–Crippen LogP) is 3.90. The lowest BCUT2D eigenvalue weighted by molar-refractivity contribution is 0.391. The molecule has 5 nitrogen and oxygen atoms in total. The van der Waals surface area contributed by atoms with Crippen molar-refractivity contribution in [2.45, 2.75) is 71.8 Å². The Balaban J connectivity index is 0.00000264. The Morgan fingerprint density at radius 3 is 2.57 bits per heavy atom. The van der Waals surface area contributed by atoms with Crippen molar-refractivity contribution in [2.75, 3.05) is 13.1 Å². The largest absolute Gasteiger partial charge is 0.361 e. The Kier molecular flexibility index (Phi) is 8.94. The van der Waals surface area contributed by atoms with Crippen molar-refractivity contribution in [3.8, 4) is 0 Å². The molecule has 2 N–H and O–H groups in total. The number of nitrogens with one attached hydrogen (secondary N) is 2. The molecule has 0 aliphatic heterocycles. The first-order valence-electron chi connectivity index (χ1n) is 8.59. The van der Waals surface area contributed by atoms with E-state index in [2.05, 4.69) is 29.6 Å². The molecule has 0 bridgehead atoms. The van der Waals surface area contributed by atoms with Gasteiger partial charge in [0, 0.05) is 30.6 Å². The van der Waals surface area contributed by atoms with E-state index in [-0.39, 0.29) is 24.0 Å². The molecule has 23 heavy (non-hydrogen) atoms. The van der Waals surface area contributed by atoms with E-state index >= 15 is 0 Å². The molecule has 1 aliphatic rings. The summed E-state index contributed by atoms with van der Waals surface area (Å²) in [6.07, 6.45) is 6.53. The summed E-state index contributed by atoms with van der Waals surface area (Å²) in [7, 11) is 0. The van der Waals surface area contributed by atoms with Crippen LogP contribution in [0, 0.1) is 13.8 Å². The fourth-order valence-corrected chi connectivity index (χ4v) is 3.27. The average Bonchev–Trinajstić information content (AvgIpc) is 2.85. The zero-order valence-electron chi connectivity index (χ0n) is 14.8. The molecule has 1 fully saturated rings. The van der Waals surface area contributed by atoms with E-state index in [1.807, 2.05) is 13.8 Å². The summed E-state index contributed by atoms with van der Waals surface area (Å²) >= 11 is 0. The minimum Gasteiger partial charge on any atom is -0.361 e. The van der Waals surface area contributed by atoms with Crippen LogP contribution in [-0.2, 0) is 0 Å². The molecule has 132 valence electrons. The lowest BCUT2D eigenvalue weighted by atomic mass is 9.96. The molecule has 1 aromatic rings. The third-order valence-electron chi connectivity index (χ3n) is 4.39. The second-order valence-electron chi connectivity index (χ2n) is 6.34. The van der Waals surface area contributed by atoms with E-state index in [9.17, 15) is 0 Å². The number of aromatic nitrogens is 1. The highest BCUT2D eigenvalue weighted by molar-refractivity contribution is 14.0. The second-order valence-corrected chi connectivity index (χ2v) is 6.34. The van der Waals surface area contributed by atoms with Crippen molar-refractivity contribution in [3.05, 3.63) is 17.0 Å². The molecular formula is C17H31IN4O. The Labute approximate surface area is 157 Å². The van der Waals surface area contributed by atoms with Crippen LogP contribution in [0.3, 0.4) is 0 Å². The van der Waals surface area contributed by atoms with E-state index in [1.54, 1.807) is 0 Å². The molecular weight excluding hydrogens is 403 g/mol. The van der Waals surface area contributed by atoms with Gasteiger partial charge in [0.15, 0.2) is 5.96 Å². The molecule has 1 atom stereocenters. The van der Waals surface area contributed by atoms with Gasteiger partial charge in [-0.25, -0.2) is 0 Å². The monoisotopic (exact) mass is 434 g/mol.